The van der Waals surface area contributed by atoms with Crippen molar-refractivity contribution in [2.45, 2.75) is 45.7 Å². The van der Waals surface area contributed by atoms with Crippen molar-refractivity contribution < 1.29 is 8.78 Å². The van der Waals surface area contributed by atoms with Crippen LogP contribution in [0.1, 0.15) is 38.3 Å². The molecule has 1 atom stereocenters. The molecule has 0 fully saturated rings. The van der Waals surface area contributed by atoms with Crippen molar-refractivity contribution in [3.63, 3.8) is 0 Å². The Kier molecular flexibility index (Phi) is 5.38. The Hall–Kier alpha value is -0.970. The molecule has 0 saturated carbocycles. The minimum Gasteiger partial charge on any atom is -0.305 e. The number of aromatic nitrogens is 2. The molecule has 0 amide bonds. The third-order valence-electron chi connectivity index (χ3n) is 2.33. The monoisotopic (exact) mass is 231 g/mol. The van der Waals surface area contributed by atoms with Gasteiger partial charge in [-0.05, 0) is 19.4 Å². The predicted molar refractivity (Wildman–Crippen MR) is 59.6 cm³/mol. The Morgan fingerprint density at radius 1 is 1.38 bits per heavy atom. The van der Waals surface area contributed by atoms with Gasteiger partial charge in [0.25, 0.3) is 6.43 Å². The van der Waals surface area contributed by atoms with Gasteiger partial charge >= 0.3 is 0 Å². The predicted octanol–water partition coefficient (Wildman–Crippen LogP) is 2.60. The number of aryl methyl sites for hydroxylation is 1. The molecule has 0 aliphatic heterocycles. The largest absolute Gasteiger partial charge is 0.305 e. The molecule has 0 aromatic carbocycles. The van der Waals surface area contributed by atoms with Crippen molar-refractivity contribution in [3.05, 3.63) is 18.0 Å². The van der Waals surface area contributed by atoms with Gasteiger partial charge in [0.1, 0.15) is 0 Å². The topological polar surface area (TPSA) is 29.9 Å². The molecule has 0 saturated heterocycles. The van der Waals surface area contributed by atoms with Crippen LogP contribution in [0.25, 0.3) is 0 Å². The Labute approximate surface area is 94.8 Å². The first-order chi connectivity index (χ1) is 7.69. The summed E-state index contributed by atoms with van der Waals surface area (Å²) >= 11 is 0. The van der Waals surface area contributed by atoms with E-state index >= 15 is 0 Å². The lowest BCUT2D eigenvalue weighted by Gasteiger charge is -2.15. The van der Waals surface area contributed by atoms with E-state index < -0.39 is 12.5 Å². The van der Waals surface area contributed by atoms with Crippen molar-refractivity contribution in [3.8, 4) is 0 Å². The second-order valence-corrected chi connectivity index (χ2v) is 3.80. The van der Waals surface area contributed by atoms with Gasteiger partial charge in [-0.1, -0.05) is 13.8 Å². The lowest BCUT2D eigenvalue weighted by molar-refractivity contribution is 0.0984. The first-order valence-corrected chi connectivity index (χ1v) is 5.72. The Balaban J connectivity index is 2.68. The fourth-order valence-electron chi connectivity index (χ4n) is 1.54. The Morgan fingerprint density at radius 3 is 2.69 bits per heavy atom. The standard InChI is InChI=1S/C11H19F2N3/c1-3-5-14-10(11(12)13)9-7-15-16(8-9)6-4-2/h7-8,10-11,14H,3-6H2,1-2H3. The van der Waals surface area contributed by atoms with E-state index in [1.165, 1.54) is 6.20 Å². The number of halogens is 2. The zero-order valence-electron chi connectivity index (χ0n) is 9.79. The van der Waals surface area contributed by atoms with Crippen LogP contribution in [-0.2, 0) is 6.54 Å². The first kappa shape index (κ1) is 13.1. The van der Waals surface area contributed by atoms with E-state index in [9.17, 15) is 8.78 Å². The normalized spacial score (nSPS) is 13.3. The van der Waals surface area contributed by atoms with E-state index in [1.807, 2.05) is 13.8 Å². The molecule has 1 rings (SSSR count). The van der Waals surface area contributed by atoms with E-state index in [0.717, 1.165) is 19.4 Å². The second kappa shape index (κ2) is 6.58. The van der Waals surface area contributed by atoms with Crippen LogP contribution in [0.2, 0.25) is 0 Å². The molecule has 1 unspecified atom stereocenters. The highest BCUT2D eigenvalue weighted by Gasteiger charge is 2.22. The van der Waals surface area contributed by atoms with Gasteiger partial charge in [0, 0.05) is 18.3 Å². The van der Waals surface area contributed by atoms with E-state index in [-0.39, 0.29) is 0 Å². The molecule has 1 heterocycles. The highest BCUT2D eigenvalue weighted by atomic mass is 19.3. The summed E-state index contributed by atoms with van der Waals surface area (Å²) in [4.78, 5) is 0. The average molecular weight is 231 g/mol. The van der Waals surface area contributed by atoms with Crippen LogP contribution in [0.3, 0.4) is 0 Å². The van der Waals surface area contributed by atoms with Crippen molar-refractivity contribution in [2.24, 2.45) is 0 Å². The quantitative estimate of drug-likeness (QED) is 0.781. The molecule has 5 heteroatoms. The molecule has 0 spiro atoms. The van der Waals surface area contributed by atoms with Crippen LogP contribution < -0.4 is 5.32 Å². The molecule has 16 heavy (non-hydrogen) atoms. The molecular formula is C11H19F2N3. The Morgan fingerprint density at radius 2 is 2.12 bits per heavy atom. The van der Waals surface area contributed by atoms with Crippen LogP contribution >= 0.6 is 0 Å². The third-order valence-corrected chi connectivity index (χ3v) is 2.33. The van der Waals surface area contributed by atoms with Crippen molar-refractivity contribution >= 4 is 0 Å². The summed E-state index contributed by atoms with van der Waals surface area (Å²) in [6, 6.07) is -0.898. The maximum atomic E-state index is 12.8. The van der Waals surface area contributed by atoms with E-state index in [4.69, 9.17) is 0 Å². The molecular weight excluding hydrogens is 212 g/mol. The van der Waals surface area contributed by atoms with Gasteiger partial charge in [-0.3, -0.25) is 4.68 Å². The fraction of sp³-hybridized carbons (Fsp3) is 0.727. The number of alkyl halides is 2. The Bertz CT molecular complexity index is 299. The van der Waals surface area contributed by atoms with Crippen LogP contribution in [0.5, 0.6) is 0 Å². The highest BCUT2D eigenvalue weighted by Crippen LogP contribution is 2.20. The molecule has 1 aromatic heterocycles. The molecule has 92 valence electrons. The maximum absolute atomic E-state index is 12.8. The summed E-state index contributed by atoms with van der Waals surface area (Å²) in [5.74, 6) is 0. The number of hydrogen-bond donors (Lipinski definition) is 1. The molecule has 3 nitrogen and oxygen atoms in total. The molecule has 1 aromatic rings. The molecule has 0 radical (unpaired) electrons. The summed E-state index contributed by atoms with van der Waals surface area (Å²) in [6.45, 7) is 5.34. The van der Waals surface area contributed by atoms with E-state index in [0.29, 0.717) is 12.1 Å². The van der Waals surface area contributed by atoms with Gasteiger partial charge in [0.15, 0.2) is 0 Å². The lowest BCUT2D eigenvalue weighted by atomic mass is 10.1. The minimum absolute atomic E-state index is 0.567. The van der Waals surface area contributed by atoms with Gasteiger partial charge in [-0.2, -0.15) is 5.10 Å². The minimum atomic E-state index is -2.40. The maximum Gasteiger partial charge on any atom is 0.257 e. The smallest absolute Gasteiger partial charge is 0.257 e. The van der Waals surface area contributed by atoms with Crippen molar-refractivity contribution in [1.82, 2.24) is 15.1 Å². The van der Waals surface area contributed by atoms with Gasteiger partial charge in [0.2, 0.25) is 0 Å². The first-order valence-electron chi connectivity index (χ1n) is 5.72. The van der Waals surface area contributed by atoms with E-state index in [2.05, 4.69) is 10.4 Å². The van der Waals surface area contributed by atoms with Crippen LogP contribution in [0.15, 0.2) is 12.4 Å². The molecule has 1 N–H and O–H groups in total. The zero-order valence-corrected chi connectivity index (χ0v) is 9.79. The lowest BCUT2D eigenvalue weighted by Crippen LogP contribution is -2.27. The third kappa shape index (κ3) is 3.56. The molecule has 0 aliphatic rings. The number of rotatable bonds is 7. The van der Waals surface area contributed by atoms with Gasteiger partial charge in [0.05, 0.1) is 12.2 Å². The summed E-state index contributed by atoms with van der Waals surface area (Å²) in [7, 11) is 0. The SMILES string of the molecule is CCCNC(c1cnn(CCC)c1)C(F)F. The fourth-order valence-corrected chi connectivity index (χ4v) is 1.54. The second-order valence-electron chi connectivity index (χ2n) is 3.80. The summed E-state index contributed by atoms with van der Waals surface area (Å²) in [5, 5.41) is 6.90. The van der Waals surface area contributed by atoms with Crippen LogP contribution in [-0.4, -0.2) is 22.8 Å². The number of nitrogens with zero attached hydrogens (tertiary/aromatic N) is 2. The summed E-state index contributed by atoms with van der Waals surface area (Å²) in [6.07, 6.45) is 2.61. The highest BCUT2D eigenvalue weighted by molar-refractivity contribution is 5.11. The number of nitrogens with one attached hydrogen (secondary N) is 1. The number of hydrogen-bond acceptors (Lipinski definition) is 2. The zero-order chi connectivity index (χ0) is 12.0. The summed E-state index contributed by atoms with van der Waals surface area (Å²) < 4.78 is 27.3. The molecule has 0 bridgehead atoms. The van der Waals surface area contributed by atoms with E-state index in [1.54, 1.807) is 10.9 Å². The van der Waals surface area contributed by atoms with Crippen molar-refractivity contribution in [1.29, 1.82) is 0 Å². The summed E-state index contributed by atoms with van der Waals surface area (Å²) in [5.41, 5.74) is 0.567. The van der Waals surface area contributed by atoms with Crippen LogP contribution in [0.4, 0.5) is 8.78 Å². The molecule has 0 aliphatic carbocycles. The average Bonchev–Trinajstić information content (AvgIpc) is 2.67. The van der Waals surface area contributed by atoms with Crippen molar-refractivity contribution in [2.75, 3.05) is 6.54 Å². The van der Waals surface area contributed by atoms with Crippen LogP contribution in [0, 0.1) is 0 Å². The van der Waals surface area contributed by atoms with Gasteiger partial charge < -0.3 is 5.32 Å². The van der Waals surface area contributed by atoms with Gasteiger partial charge in [-0.15, -0.1) is 0 Å². The van der Waals surface area contributed by atoms with Gasteiger partial charge in [-0.25, -0.2) is 8.78 Å².